The molecule has 3 aromatic heterocycles. The van der Waals surface area contributed by atoms with Crippen LogP contribution in [0.1, 0.15) is 5.56 Å². The lowest BCUT2D eigenvalue weighted by Crippen LogP contribution is -2.17. The average Bonchev–Trinajstić information content (AvgIpc) is 3.34. The Morgan fingerprint density at radius 1 is 1.19 bits per heavy atom. The Morgan fingerprint density at radius 3 is 2.58 bits per heavy atom. The van der Waals surface area contributed by atoms with E-state index in [0.29, 0.717) is 22.4 Å². The number of aryl methyl sites for hydroxylation is 1. The average molecular weight is 434 g/mol. The van der Waals surface area contributed by atoms with Crippen molar-refractivity contribution >= 4 is 22.7 Å². The molecule has 0 aliphatic rings. The summed E-state index contributed by atoms with van der Waals surface area (Å²) in [7, 11) is 1.67. The van der Waals surface area contributed by atoms with Crippen LogP contribution in [-0.4, -0.2) is 31.0 Å². The fraction of sp³-hybridized carbons (Fsp3) is 0.167. The first-order valence-electron chi connectivity index (χ1n) is 8.72. The molecule has 0 saturated heterocycles. The molecular formula is C18H13F3N6O4. The Morgan fingerprint density at radius 2 is 1.94 bits per heavy atom. The van der Waals surface area contributed by atoms with Gasteiger partial charge in [0.25, 0.3) is 0 Å². The second-order valence-electron chi connectivity index (χ2n) is 6.34. The molecule has 10 nitrogen and oxygen atoms in total. The number of rotatable bonds is 6. The van der Waals surface area contributed by atoms with Crippen molar-refractivity contribution in [2.75, 3.05) is 5.32 Å². The number of alkyl halides is 3. The van der Waals surface area contributed by atoms with Crippen LogP contribution in [0.5, 0.6) is 5.75 Å². The second-order valence-corrected chi connectivity index (χ2v) is 6.34. The van der Waals surface area contributed by atoms with E-state index in [-0.39, 0.29) is 23.9 Å². The number of nitrogens with zero attached hydrogens (tertiary/aromatic N) is 5. The van der Waals surface area contributed by atoms with Crippen molar-refractivity contribution < 1.29 is 27.2 Å². The van der Waals surface area contributed by atoms with E-state index in [1.165, 1.54) is 41.1 Å². The maximum Gasteiger partial charge on any atom is 0.573 e. The van der Waals surface area contributed by atoms with Crippen molar-refractivity contribution in [2.45, 2.75) is 12.9 Å². The molecule has 13 heteroatoms. The molecule has 31 heavy (non-hydrogen) atoms. The molecule has 4 rings (SSSR count). The Balaban J connectivity index is 1.60. The van der Waals surface area contributed by atoms with Gasteiger partial charge in [0.2, 0.25) is 0 Å². The highest BCUT2D eigenvalue weighted by Gasteiger charge is 2.31. The number of hydrogen-bond acceptors (Lipinski definition) is 8. The van der Waals surface area contributed by atoms with Crippen LogP contribution in [0.2, 0.25) is 0 Å². The molecule has 160 valence electrons. The van der Waals surface area contributed by atoms with E-state index in [1.54, 1.807) is 13.2 Å². The monoisotopic (exact) mass is 434 g/mol. The van der Waals surface area contributed by atoms with Gasteiger partial charge in [0, 0.05) is 13.6 Å². The van der Waals surface area contributed by atoms with Gasteiger partial charge in [-0.15, -0.1) is 13.2 Å². The molecule has 0 radical (unpaired) electrons. The molecular weight excluding hydrogens is 421 g/mol. The molecule has 0 amide bonds. The summed E-state index contributed by atoms with van der Waals surface area (Å²) < 4.78 is 47.4. The van der Waals surface area contributed by atoms with E-state index in [0.717, 1.165) is 0 Å². The minimum absolute atomic E-state index is 0.103. The summed E-state index contributed by atoms with van der Waals surface area (Å²) in [5.74, 6) is -0.177. The van der Waals surface area contributed by atoms with E-state index < -0.39 is 17.2 Å². The van der Waals surface area contributed by atoms with Crippen LogP contribution in [0.3, 0.4) is 0 Å². The Hall–Kier alpha value is -4.16. The number of furan rings is 1. The van der Waals surface area contributed by atoms with Gasteiger partial charge in [-0.25, -0.2) is 9.97 Å². The van der Waals surface area contributed by atoms with Gasteiger partial charge >= 0.3 is 12.2 Å². The quantitative estimate of drug-likeness (QED) is 0.356. The van der Waals surface area contributed by atoms with Crippen molar-refractivity contribution in [3.8, 4) is 17.3 Å². The van der Waals surface area contributed by atoms with Crippen LogP contribution >= 0.6 is 0 Å². The van der Waals surface area contributed by atoms with E-state index in [4.69, 9.17) is 4.42 Å². The van der Waals surface area contributed by atoms with E-state index in [2.05, 4.69) is 25.1 Å². The molecule has 0 fully saturated rings. The van der Waals surface area contributed by atoms with Crippen molar-refractivity contribution in [2.24, 2.45) is 7.05 Å². The molecule has 0 spiro atoms. The molecule has 1 aromatic carbocycles. The minimum Gasteiger partial charge on any atom is -0.406 e. The zero-order chi connectivity index (χ0) is 22.2. The lowest BCUT2D eigenvalue weighted by Gasteiger charge is -2.11. The second kappa shape index (κ2) is 7.59. The number of nitro groups is 1. The zero-order valence-electron chi connectivity index (χ0n) is 15.8. The lowest BCUT2D eigenvalue weighted by molar-refractivity contribution is -0.401. The first-order chi connectivity index (χ1) is 14.7. The molecule has 0 saturated carbocycles. The molecule has 0 aliphatic heterocycles. The summed E-state index contributed by atoms with van der Waals surface area (Å²) in [6.45, 7) is 0.227. The fourth-order valence-corrected chi connectivity index (χ4v) is 2.81. The summed E-state index contributed by atoms with van der Waals surface area (Å²) in [5.41, 5.74) is 1.13. The fourth-order valence-electron chi connectivity index (χ4n) is 2.81. The number of nitrogens with one attached hydrogen (secondary N) is 1. The molecule has 0 unspecified atom stereocenters. The molecule has 0 bridgehead atoms. The highest BCUT2D eigenvalue weighted by Crippen LogP contribution is 2.28. The van der Waals surface area contributed by atoms with Crippen LogP contribution in [0.4, 0.5) is 24.9 Å². The third-order valence-corrected chi connectivity index (χ3v) is 4.20. The first kappa shape index (κ1) is 20.1. The molecule has 3 heterocycles. The van der Waals surface area contributed by atoms with Gasteiger partial charge in [-0.1, -0.05) is 12.1 Å². The van der Waals surface area contributed by atoms with E-state index in [9.17, 15) is 23.3 Å². The smallest absolute Gasteiger partial charge is 0.406 e. The third kappa shape index (κ3) is 4.39. The molecule has 0 aliphatic carbocycles. The van der Waals surface area contributed by atoms with Crippen molar-refractivity contribution in [3.63, 3.8) is 0 Å². The normalized spacial score (nSPS) is 11.6. The number of halogens is 3. The summed E-state index contributed by atoms with van der Waals surface area (Å²) in [6, 6.07) is 7.96. The van der Waals surface area contributed by atoms with Gasteiger partial charge in [-0.2, -0.15) is 5.10 Å². The zero-order valence-corrected chi connectivity index (χ0v) is 15.8. The van der Waals surface area contributed by atoms with Gasteiger partial charge in [0.15, 0.2) is 17.2 Å². The predicted molar refractivity (Wildman–Crippen MR) is 101 cm³/mol. The minimum atomic E-state index is -4.76. The number of fused-ring (bicyclic) bond motifs is 1. The van der Waals surface area contributed by atoms with E-state index >= 15 is 0 Å². The number of ether oxygens (including phenoxy) is 1. The van der Waals surface area contributed by atoms with Gasteiger partial charge < -0.3 is 14.5 Å². The molecule has 1 N–H and O–H groups in total. The third-order valence-electron chi connectivity index (χ3n) is 4.20. The highest BCUT2D eigenvalue weighted by molar-refractivity contribution is 5.87. The SMILES string of the molecule is Cn1ncc2c(NCc3ccc(OC(F)(F)F)cc3)nc(-c3ccc([N+](=O)[O-])o3)nc21. The van der Waals surface area contributed by atoms with Crippen LogP contribution < -0.4 is 10.1 Å². The lowest BCUT2D eigenvalue weighted by atomic mass is 10.2. The topological polar surface area (TPSA) is 121 Å². The number of anilines is 1. The Kier molecular flexibility index (Phi) is 4.93. The van der Waals surface area contributed by atoms with Gasteiger partial charge in [0.1, 0.15) is 16.5 Å². The van der Waals surface area contributed by atoms with E-state index in [1.807, 2.05) is 0 Å². The predicted octanol–water partition coefficient (Wildman–Crippen LogP) is 4.04. The summed E-state index contributed by atoms with van der Waals surface area (Å²) in [4.78, 5) is 18.9. The highest BCUT2D eigenvalue weighted by atomic mass is 19.4. The summed E-state index contributed by atoms with van der Waals surface area (Å²) in [5, 5.41) is 18.7. The number of aromatic nitrogens is 4. The Labute approximate surface area is 171 Å². The largest absolute Gasteiger partial charge is 0.573 e. The van der Waals surface area contributed by atoms with Crippen LogP contribution in [0.25, 0.3) is 22.6 Å². The number of benzene rings is 1. The standard InChI is InChI=1S/C18H13F3N6O4/c1-26-17-12(9-23-26)15(24-16(25-17)13-6-7-14(30-13)27(28)29)22-8-10-2-4-11(5-3-10)31-18(19,20)21/h2-7,9H,8H2,1H3,(H,22,24,25). The molecule has 0 atom stereocenters. The van der Waals surface area contributed by atoms with Gasteiger partial charge in [-0.3, -0.25) is 14.8 Å². The Bertz CT molecular complexity index is 1250. The van der Waals surface area contributed by atoms with Crippen molar-refractivity contribution in [1.29, 1.82) is 0 Å². The van der Waals surface area contributed by atoms with Crippen LogP contribution in [0, 0.1) is 10.1 Å². The van der Waals surface area contributed by atoms with Crippen LogP contribution in [0.15, 0.2) is 47.0 Å². The van der Waals surface area contributed by atoms with Gasteiger partial charge in [0.05, 0.1) is 17.6 Å². The van der Waals surface area contributed by atoms with Crippen molar-refractivity contribution in [3.05, 3.63) is 58.3 Å². The summed E-state index contributed by atoms with van der Waals surface area (Å²) >= 11 is 0. The van der Waals surface area contributed by atoms with Crippen molar-refractivity contribution in [1.82, 2.24) is 19.7 Å². The first-order valence-corrected chi connectivity index (χ1v) is 8.72. The maximum atomic E-state index is 12.3. The molecule has 4 aromatic rings. The summed E-state index contributed by atoms with van der Waals surface area (Å²) in [6.07, 6.45) is -3.21. The van der Waals surface area contributed by atoms with Gasteiger partial charge in [-0.05, 0) is 23.8 Å². The maximum absolute atomic E-state index is 12.3. The number of hydrogen-bond donors (Lipinski definition) is 1. The van der Waals surface area contributed by atoms with Crippen LogP contribution in [-0.2, 0) is 13.6 Å².